The quantitative estimate of drug-likeness (QED) is 0.427. The summed E-state index contributed by atoms with van der Waals surface area (Å²) in [6.45, 7) is -0.119. The first-order chi connectivity index (χ1) is 15.6. The van der Waals surface area contributed by atoms with Gasteiger partial charge in [-0.1, -0.05) is 47.2 Å². The Morgan fingerprint density at radius 2 is 1.81 bits per heavy atom. The van der Waals surface area contributed by atoms with E-state index in [2.05, 4.69) is 10.3 Å². The smallest absolute Gasteiger partial charge is 0.274 e. The number of imidazole rings is 1. The van der Waals surface area contributed by atoms with E-state index in [1.165, 1.54) is 11.3 Å². The largest absolute Gasteiger partial charge is 0.484 e. The maximum absolute atomic E-state index is 12.8. The molecule has 3 aromatic carbocycles. The van der Waals surface area contributed by atoms with Crippen LogP contribution >= 0.6 is 22.9 Å². The van der Waals surface area contributed by atoms with Crippen LogP contribution in [0.1, 0.15) is 5.56 Å². The van der Waals surface area contributed by atoms with Crippen molar-refractivity contribution in [1.82, 2.24) is 9.38 Å². The fourth-order valence-electron chi connectivity index (χ4n) is 3.30. The van der Waals surface area contributed by atoms with Crippen LogP contribution in [-0.2, 0) is 4.79 Å². The molecule has 0 aliphatic rings. The Morgan fingerprint density at radius 1 is 1.06 bits per heavy atom. The minimum Gasteiger partial charge on any atom is -0.484 e. The third-order valence-corrected chi connectivity index (χ3v) is 6.04. The van der Waals surface area contributed by atoms with E-state index in [0.29, 0.717) is 26.0 Å². The summed E-state index contributed by atoms with van der Waals surface area (Å²) < 4.78 is 7.80. The van der Waals surface area contributed by atoms with Crippen LogP contribution in [0.3, 0.4) is 0 Å². The van der Waals surface area contributed by atoms with Gasteiger partial charge < -0.3 is 10.1 Å². The lowest BCUT2D eigenvalue weighted by Gasteiger charge is -2.07. The Labute approximate surface area is 191 Å². The minimum atomic E-state index is -0.270. The van der Waals surface area contributed by atoms with Gasteiger partial charge in [-0.05, 0) is 60.2 Å². The molecule has 0 radical (unpaired) electrons. The summed E-state index contributed by atoms with van der Waals surface area (Å²) in [5.74, 6) is 0.288. The third kappa shape index (κ3) is 4.08. The Bertz CT molecular complexity index is 1540. The average molecular weight is 462 g/mol. The maximum Gasteiger partial charge on any atom is 0.274 e. The fraction of sp³-hybridized carbons (Fsp3) is 0.0417. The molecule has 0 aliphatic heterocycles. The van der Waals surface area contributed by atoms with Gasteiger partial charge in [-0.3, -0.25) is 9.59 Å². The molecule has 8 heteroatoms. The molecular weight excluding hydrogens is 446 g/mol. The molecule has 0 aliphatic carbocycles. The summed E-state index contributed by atoms with van der Waals surface area (Å²) in [5, 5.41) is 3.34. The molecule has 1 N–H and O–H groups in total. The van der Waals surface area contributed by atoms with Crippen LogP contribution in [0, 0.1) is 0 Å². The monoisotopic (exact) mass is 461 g/mol. The van der Waals surface area contributed by atoms with Crippen LogP contribution in [-0.4, -0.2) is 21.9 Å². The highest BCUT2D eigenvalue weighted by molar-refractivity contribution is 7.15. The van der Waals surface area contributed by atoms with Gasteiger partial charge in [-0.15, -0.1) is 0 Å². The molecule has 2 heterocycles. The van der Waals surface area contributed by atoms with Gasteiger partial charge in [-0.2, -0.15) is 0 Å². The Kier molecular flexibility index (Phi) is 5.34. The van der Waals surface area contributed by atoms with E-state index in [-0.39, 0.29) is 18.1 Å². The van der Waals surface area contributed by atoms with Gasteiger partial charge in [0.25, 0.3) is 11.5 Å². The van der Waals surface area contributed by atoms with Crippen molar-refractivity contribution in [2.45, 2.75) is 0 Å². The lowest BCUT2D eigenvalue weighted by atomic mass is 10.2. The number of aromatic nitrogens is 2. The van der Waals surface area contributed by atoms with Crippen molar-refractivity contribution in [3.8, 4) is 5.75 Å². The van der Waals surface area contributed by atoms with Crippen molar-refractivity contribution in [2.75, 3.05) is 11.9 Å². The van der Waals surface area contributed by atoms with Gasteiger partial charge in [0.1, 0.15) is 5.75 Å². The molecule has 5 rings (SSSR count). The third-order valence-electron chi connectivity index (χ3n) is 4.82. The maximum atomic E-state index is 12.8. The number of carbonyl (C=O) groups excluding carboxylic acids is 1. The first-order valence-electron chi connectivity index (χ1n) is 9.77. The molecular formula is C24H16ClN3O3S. The zero-order valence-corrected chi connectivity index (χ0v) is 18.2. The van der Waals surface area contributed by atoms with E-state index in [1.807, 2.05) is 42.5 Å². The number of para-hydroxylation sites is 2. The first kappa shape index (κ1) is 20.2. The predicted octanol–water partition coefficient (Wildman–Crippen LogP) is 4.13. The van der Waals surface area contributed by atoms with Crippen LogP contribution in [0.5, 0.6) is 5.75 Å². The summed E-state index contributed by atoms with van der Waals surface area (Å²) in [6, 6.07) is 21.6. The summed E-state index contributed by atoms with van der Waals surface area (Å²) >= 11 is 7.19. The average Bonchev–Trinajstić information content (AvgIpc) is 3.31. The second-order valence-corrected chi connectivity index (χ2v) is 8.49. The number of nitrogens with one attached hydrogen (secondary N) is 1. The molecule has 0 saturated heterocycles. The normalized spacial score (nSPS) is 11.8. The van der Waals surface area contributed by atoms with Crippen LogP contribution in [0.2, 0.25) is 5.02 Å². The molecule has 6 nitrogen and oxygen atoms in total. The molecule has 0 atom stereocenters. The zero-order valence-electron chi connectivity index (χ0n) is 16.6. The van der Waals surface area contributed by atoms with E-state index < -0.39 is 0 Å². The van der Waals surface area contributed by atoms with Crippen LogP contribution in [0.15, 0.2) is 77.6 Å². The number of benzene rings is 3. The summed E-state index contributed by atoms with van der Waals surface area (Å²) in [5.41, 5.74) is 3.04. The van der Waals surface area contributed by atoms with Gasteiger partial charge in [0.15, 0.2) is 11.6 Å². The number of amides is 1. The molecule has 32 heavy (non-hydrogen) atoms. The molecule has 0 saturated carbocycles. The van der Waals surface area contributed by atoms with Crippen LogP contribution in [0.4, 0.5) is 5.69 Å². The van der Waals surface area contributed by atoms with E-state index in [4.69, 9.17) is 16.3 Å². The molecule has 1 amide bonds. The first-order valence-corrected chi connectivity index (χ1v) is 11.0. The SMILES string of the molecule is O=C(COc1ccc(/C=c2/sc3nc4ccccc4n3c2=O)cc1)Nc1ccc(Cl)cc1. The molecule has 0 fully saturated rings. The number of ether oxygens (including phenoxy) is 1. The van der Waals surface area contributed by atoms with Crippen LogP contribution < -0.4 is 20.1 Å². The molecule has 158 valence electrons. The highest BCUT2D eigenvalue weighted by Crippen LogP contribution is 2.17. The Balaban J connectivity index is 1.29. The molecule has 0 bridgehead atoms. The highest BCUT2D eigenvalue weighted by Gasteiger charge is 2.10. The van der Waals surface area contributed by atoms with Crippen molar-refractivity contribution >= 4 is 56.6 Å². The lowest BCUT2D eigenvalue weighted by molar-refractivity contribution is -0.118. The number of fused-ring (bicyclic) bond motifs is 3. The number of anilines is 1. The molecule has 0 spiro atoms. The molecule has 5 aromatic rings. The molecule has 0 unspecified atom stereocenters. The van der Waals surface area contributed by atoms with E-state index in [1.54, 1.807) is 40.8 Å². The van der Waals surface area contributed by atoms with Gasteiger partial charge in [0, 0.05) is 10.7 Å². The van der Waals surface area contributed by atoms with Gasteiger partial charge in [-0.25, -0.2) is 9.38 Å². The topological polar surface area (TPSA) is 72.7 Å². The number of nitrogens with zero attached hydrogens (tertiary/aromatic N) is 2. The fourth-order valence-corrected chi connectivity index (χ4v) is 4.42. The summed E-state index contributed by atoms with van der Waals surface area (Å²) in [4.78, 5) is 30.1. The van der Waals surface area contributed by atoms with Crippen molar-refractivity contribution in [3.05, 3.63) is 98.3 Å². The van der Waals surface area contributed by atoms with E-state index >= 15 is 0 Å². The van der Waals surface area contributed by atoms with Crippen molar-refractivity contribution < 1.29 is 9.53 Å². The van der Waals surface area contributed by atoms with Crippen molar-refractivity contribution in [3.63, 3.8) is 0 Å². The number of rotatable bonds is 5. The number of halogens is 1. The predicted molar refractivity (Wildman–Crippen MR) is 128 cm³/mol. The van der Waals surface area contributed by atoms with E-state index in [0.717, 1.165) is 16.6 Å². The lowest BCUT2D eigenvalue weighted by Crippen LogP contribution is -2.22. The van der Waals surface area contributed by atoms with E-state index in [9.17, 15) is 9.59 Å². The van der Waals surface area contributed by atoms with Gasteiger partial charge in [0.05, 0.1) is 15.6 Å². The minimum absolute atomic E-state index is 0.0853. The second-order valence-electron chi connectivity index (χ2n) is 7.05. The standard InChI is InChI=1S/C24H16ClN3O3S/c25-16-7-9-17(10-8-16)26-22(29)14-31-18-11-5-15(6-12-18)13-21-23(30)28-20-4-2-1-3-19(20)27-24(28)32-21/h1-13H,14H2,(H,26,29)/b21-13+. The second kappa shape index (κ2) is 8.45. The van der Waals surface area contributed by atoms with Crippen molar-refractivity contribution in [1.29, 1.82) is 0 Å². The number of thiazole rings is 1. The van der Waals surface area contributed by atoms with Crippen molar-refractivity contribution in [2.24, 2.45) is 0 Å². The summed E-state index contributed by atoms with van der Waals surface area (Å²) in [6.07, 6.45) is 1.83. The zero-order chi connectivity index (χ0) is 22.1. The Morgan fingerprint density at radius 3 is 2.59 bits per heavy atom. The molecule has 2 aromatic heterocycles. The van der Waals surface area contributed by atoms with Gasteiger partial charge >= 0.3 is 0 Å². The number of carbonyl (C=O) groups is 1. The number of hydrogen-bond acceptors (Lipinski definition) is 5. The van der Waals surface area contributed by atoms with Gasteiger partial charge in [0.2, 0.25) is 0 Å². The Hall–Kier alpha value is -3.68. The van der Waals surface area contributed by atoms with Crippen LogP contribution in [0.25, 0.3) is 22.1 Å². The highest BCUT2D eigenvalue weighted by atomic mass is 35.5. The number of hydrogen-bond donors (Lipinski definition) is 1. The summed E-state index contributed by atoms with van der Waals surface area (Å²) in [7, 11) is 0.